The first-order valence-corrected chi connectivity index (χ1v) is 13.3. The van der Waals surface area contributed by atoms with E-state index in [1.807, 2.05) is 51.1 Å². The fourth-order valence-electron chi connectivity index (χ4n) is 4.58. The van der Waals surface area contributed by atoms with Crippen LogP contribution < -0.4 is 19.8 Å². The van der Waals surface area contributed by atoms with Gasteiger partial charge in [-0.3, -0.25) is 19.6 Å². The number of methoxy groups -OCH3 is 2. The van der Waals surface area contributed by atoms with Gasteiger partial charge in [0, 0.05) is 46.7 Å². The van der Waals surface area contributed by atoms with Gasteiger partial charge < -0.3 is 18.8 Å². The number of hydrogen-bond donors (Lipinski definition) is 0. The molecule has 5 aromatic rings. The zero-order valence-corrected chi connectivity index (χ0v) is 23.7. The molecule has 0 saturated heterocycles. The molecule has 0 bridgehead atoms. The number of hydrogen-bond acceptors (Lipinski definition) is 7. The second-order valence-electron chi connectivity index (χ2n) is 10.0. The van der Waals surface area contributed by atoms with E-state index in [1.54, 1.807) is 67.7 Å². The maximum Gasteiger partial charge on any atom is 0.258 e. The number of ether oxygens (including phenoxy) is 3. The summed E-state index contributed by atoms with van der Waals surface area (Å²) in [5.74, 6) is 2.11. The van der Waals surface area contributed by atoms with Crippen molar-refractivity contribution in [1.82, 2.24) is 14.5 Å². The van der Waals surface area contributed by atoms with E-state index in [0.29, 0.717) is 45.3 Å². The van der Waals surface area contributed by atoms with Crippen molar-refractivity contribution < 1.29 is 19.0 Å². The quantitative estimate of drug-likeness (QED) is 0.192. The minimum absolute atomic E-state index is 0.0824. The molecule has 0 saturated carbocycles. The van der Waals surface area contributed by atoms with Crippen molar-refractivity contribution >= 4 is 16.7 Å². The molecule has 8 heteroatoms. The number of carbonyl (C=O) groups excluding carboxylic acids is 1. The Labute approximate surface area is 238 Å². The van der Waals surface area contributed by atoms with E-state index in [9.17, 15) is 9.59 Å². The van der Waals surface area contributed by atoms with Gasteiger partial charge in [0.1, 0.15) is 11.5 Å². The van der Waals surface area contributed by atoms with E-state index < -0.39 is 0 Å². The molecule has 0 spiro atoms. The molecular formula is C33H31N3O5. The van der Waals surface area contributed by atoms with Crippen molar-refractivity contribution in [2.75, 3.05) is 14.2 Å². The number of nitrogens with zero attached hydrogens (tertiary/aromatic N) is 3. The van der Waals surface area contributed by atoms with Gasteiger partial charge in [0.25, 0.3) is 5.56 Å². The maximum atomic E-state index is 13.4. The van der Waals surface area contributed by atoms with Gasteiger partial charge in [-0.25, -0.2) is 0 Å². The summed E-state index contributed by atoms with van der Waals surface area (Å²) >= 11 is 0. The predicted molar refractivity (Wildman–Crippen MR) is 158 cm³/mol. The topological polar surface area (TPSA) is 92.5 Å². The number of aryl methyl sites for hydroxylation is 1. The maximum absolute atomic E-state index is 13.4. The third-order valence-electron chi connectivity index (χ3n) is 6.86. The lowest BCUT2D eigenvalue weighted by Crippen LogP contribution is -2.25. The fourth-order valence-corrected chi connectivity index (χ4v) is 4.58. The molecule has 5 rings (SSSR count). The Morgan fingerprint density at radius 2 is 1.63 bits per heavy atom. The summed E-state index contributed by atoms with van der Waals surface area (Å²) in [6.07, 6.45) is 4.97. The van der Waals surface area contributed by atoms with Crippen LogP contribution in [0.15, 0.2) is 84.0 Å². The highest BCUT2D eigenvalue weighted by atomic mass is 16.5. The largest absolute Gasteiger partial charge is 0.493 e. The average molecular weight is 550 g/mol. The first-order valence-electron chi connectivity index (χ1n) is 13.3. The lowest BCUT2D eigenvalue weighted by Gasteiger charge is -2.15. The lowest BCUT2D eigenvalue weighted by molar-refractivity contribution is 0.0991. The molecule has 0 N–H and O–H groups in total. The number of benzene rings is 2. The van der Waals surface area contributed by atoms with E-state index >= 15 is 0 Å². The second kappa shape index (κ2) is 11.6. The van der Waals surface area contributed by atoms with Gasteiger partial charge in [-0.05, 0) is 56.7 Å². The summed E-state index contributed by atoms with van der Waals surface area (Å²) in [4.78, 5) is 35.4. The number of carbonyl (C=O) groups is 1. The molecule has 0 radical (unpaired) electrons. The van der Waals surface area contributed by atoms with Gasteiger partial charge in [0.15, 0.2) is 17.3 Å². The molecule has 0 unspecified atom stereocenters. The van der Waals surface area contributed by atoms with E-state index in [4.69, 9.17) is 14.2 Å². The smallest absolute Gasteiger partial charge is 0.258 e. The van der Waals surface area contributed by atoms with Crippen LogP contribution in [0, 0.1) is 6.92 Å². The van der Waals surface area contributed by atoms with Crippen LogP contribution in [0.5, 0.6) is 23.0 Å². The summed E-state index contributed by atoms with van der Waals surface area (Å²) < 4.78 is 18.5. The number of ketones is 1. The molecule has 0 aliphatic carbocycles. The van der Waals surface area contributed by atoms with Crippen molar-refractivity contribution in [1.29, 1.82) is 0 Å². The van der Waals surface area contributed by atoms with Gasteiger partial charge in [0.05, 0.1) is 32.4 Å². The van der Waals surface area contributed by atoms with Gasteiger partial charge in [-0.15, -0.1) is 0 Å². The fraction of sp³-hybridized carbons (Fsp3) is 0.212. The van der Waals surface area contributed by atoms with Crippen molar-refractivity contribution in [2.24, 2.45) is 0 Å². The highest BCUT2D eigenvalue weighted by Gasteiger charge is 2.17. The Bertz CT molecular complexity index is 1780. The molecule has 2 aromatic carbocycles. The van der Waals surface area contributed by atoms with Crippen LogP contribution in [0.3, 0.4) is 0 Å². The third kappa shape index (κ3) is 5.82. The van der Waals surface area contributed by atoms with Crippen LogP contribution in [0.25, 0.3) is 22.0 Å². The number of aromatic nitrogens is 3. The van der Waals surface area contributed by atoms with Crippen molar-refractivity contribution in [3.8, 4) is 34.1 Å². The van der Waals surface area contributed by atoms with Gasteiger partial charge in [0.2, 0.25) is 0 Å². The Balaban J connectivity index is 1.38. The SMILES string of the molecule is COc1cc2nccc(Oc3ccc(CC(=O)c4cc(-c5ccc(C)cc5)c(=O)n(C(C)C)c4)nc3)c2cc1OC. The van der Waals surface area contributed by atoms with Crippen molar-refractivity contribution in [3.05, 3.63) is 106 Å². The van der Waals surface area contributed by atoms with Crippen LogP contribution in [0.4, 0.5) is 0 Å². The number of pyridine rings is 3. The van der Waals surface area contributed by atoms with E-state index in [1.165, 1.54) is 0 Å². The van der Waals surface area contributed by atoms with Gasteiger partial charge in [-0.1, -0.05) is 29.8 Å². The first kappa shape index (κ1) is 27.6. The molecular weight excluding hydrogens is 518 g/mol. The molecule has 0 aliphatic rings. The summed E-state index contributed by atoms with van der Waals surface area (Å²) in [5, 5.41) is 0.758. The minimum Gasteiger partial charge on any atom is -0.493 e. The first-order chi connectivity index (χ1) is 19.8. The summed E-state index contributed by atoms with van der Waals surface area (Å²) in [6, 6.07) is 18.2. The highest BCUT2D eigenvalue weighted by Crippen LogP contribution is 2.36. The molecule has 208 valence electrons. The predicted octanol–water partition coefficient (Wildman–Crippen LogP) is 6.58. The normalized spacial score (nSPS) is 11.1. The third-order valence-corrected chi connectivity index (χ3v) is 6.86. The Kier molecular flexibility index (Phi) is 7.83. The van der Waals surface area contributed by atoms with Crippen LogP contribution in [0.2, 0.25) is 0 Å². The van der Waals surface area contributed by atoms with E-state index in [2.05, 4.69) is 9.97 Å². The second-order valence-corrected chi connectivity index (χ2v) is 10.0. The Morgan fingerprint density at radius 3 is 2.29 bits per heavy atom. The summed E-state index contributed by atoms with van der Waals surface area (Å²) in [6.45, 7) is 5.84. The summed E-state index contributed by atoms with van der Waals surface area (Å²) in [5.41, 5.74) is 4.00. The zero-order chi connectivity index (χ0) is 29.1. The Morgan fingerprint density at radius 1 is 0.902 bits per heavy atom. The number of rotatable bonds is 9. The average Bonchev–Trinajstić information content (AvgIpc) is 2.98. The molecule has 3 heterocycles. The van der Waals surface area contributed by atoms with Gasteiger partial charge in [-0.2, -0.15) is 0 Å². The van der Waals surface area contributed by atoms with Crippen LogP contribution in [0.1, 0.15) is 41.5 Å². The van der Waals surface area contributed by atoms with Crippen molar-refractivity contribution in [3.63, 3.8) is 0 Å². The van der Waals surface area contributed by atoms with Crippen LogP contribution in [-0.2, 0) is 6.42 Å². The monoisotopic (exact) mass is 549 g/mol. The van der Waals surface area contributed by atoms with E-state index in [-0.39, 0.29) is 23.8 Å². The molecule has 8 nitrogen and oxygen atoms in total. The number of Topliss-reactive ketones (excluding diaryl/α,β-unsaturated/α-hetero) is 1. The van der Waals surface area contributed by atoms with Crippen molar-refractivity contribution in [2.45, 2.75) is 33.2 Å². The molecule has 3 aromatic heterocycles. The lowest BCUT2D eigenvalue weighted by atomic mass is 10.0. The molecule has 0 atom stereocenters. The summed E-state index contributed by atoms with van der Waals surface area (Å²) in [7, 11) is 3.15. The molecule has 0 aliphatic heterocycles. The number of fused-ring (bicyclic) bond motifs is 1. The highest BCUT2D eigenvalue weighted by molar-refractivity contribution is 5.98. The Hall–Kier alpha value is -4.98. The zero-order valence-electron chi connectivity index (χ0n) is 23.7. The molecule has 0 fully saturated rings. The van der Waals surface area contributed by atoms with Crippen LogP contribution in [-0.4, -0.2) is 34.5 Å². The minimum atomic E-state index is -0.130. The molecule has 41 heavy (non-hydrogen) atoms. The molecule has 0 amide bonds. The van der Waals surface area contributed by atoms with Crippen LogP contribution >= 0.6 is 0 Å². The standard InChI is InChI=1S/C33H31N3O5/c1-20(2)36-19-23(14-26(33(36)38)22-8-6-21(3)7-9-22)29(37)15-24-10-11-25(18-35-24)41-30-12-13-34-28-17-32(40-5)31(39-4)16-27(28)30/h6-14,16-20H,15H2,1-5H3. The van der Waals surface area contributed by atoms with Gasteiger partial charge >= 0.3 is 0 Å². The van der Waals surface area contributed by atoms with E-state index in [0.717, 1.165) is 16.5 Å².